The van der Waals surface area contributed by atoms with E-state index < -0.39 is 6.43 Å². The third-order valence-electron chi connectivity index (χ3n) is 3.43. The molecule has 3 heterocycles. The molecule has 0 aliphatic carbocycles. The van der Waals surface area contributed by atoms with Gasteiger partial charge in [-0.25, -0.2) is 18.7 Å². The minimum Gasteiger partial charge on any atom is -0.367 e. The lowest BCUT2D eigenvalue weighted by molar-refractivity contribution is 0.146. The summed E-state index contributed by atoms with van der Waals surface area (Å²) < 4.78 is 25.3. The van der Waals surface area contributed by atoms with Crippen molar-refractivity contribution in [1.29, 1.82) is 0 Å². The predicted molar refractivity (Wildman–Crippen MR) is 73.4 cm³/mol. The fourth-order valence-electron chi connectivity index (χ4n) is 2.32. The summed E-state index contributed by atoms with van der Waals surface area (Å²) in [6.45, 7) is 2.98. The molecule has 6 nitrogen and oxygen atoms in total. The molecular weight excluding hydrogens is 278 g/mol. The van der Waals surface area contributed by atoms with Crippen LogP contribution >= 0.6 is 0 Å². The molecule has 0 N–H and O–H groups in total. The van der Waals surface area contributed by atoms with Gasteiger partial charge in [0.2, 0.25) is 0 Å². The number of aromatic nitrogens is 4. The van der Waals surface area contributed by atoms with Gasteiger partial charge < -0.3 is 9.80 Å². The average Bonchev–Trinajstić information content (AvgIpc) is 2.56. The molecule has 1 fully saturated rings. The van der Waals surface area contributed by atoms with Crippen LogP contribution in [0.15, 0.2) is 30.9 Å². The van der Waals surface area contributed by atoms with Gasteiger partial charge in [-0.3, -0.25) is 0 Å². The highest BCUT2D eigenvalue weighted by Crippen LogP contribution is 2.22. The number of nitrogens with zero attached hydrogens (tertiary/aromatic N) is 6. The van der Waals surface area contributed by atoms with Gasteiger partial charge in [0.05, 0.1) is 18.1 Å². The zero-order valence-electron chi connectivity index (χ0n) is 11.2. The lowest BCUT2D eigenvalue weighted by atomic mass is 10.2. The maximum absolute atomic E-state index is 12.7. The molecule has 8 heteroatoms. The van der Waals surface area contributed by atoms with Crippen molar-refractivity contribution < 1.29 is 8.78 Å². The van der Waals surface area contributed by atoms with Crippen molar-refractivity contribution in [3.05, 3.63) is 36.5 Å². The van der Waals surface area contributed by atoms with Crippen LogP contribution in [-0.4, -0.2) is 46.3 Å². The van der Waals surface area contributed by atoms with Gasteiger partial charge in [-0.05, 0) is 6.07 Å². The number of anilines is 2. The SMILES string of the molecule is FC(F)c1cc(N2CCN(c3ccnnc3)CC2)ncn1. The first-order valence-corrected chi connectivity index (χ1v) is 6.61. The van der Waals surface area contributed by atoms with Gasteiger partial charge in [0.1, 0.15) is 17.8 Å². The van der Waals surface area contributed by atoms with E-state index in [-0.39, 0.29) is 5.69 Å². The molecular formula is C13H14F2N6. The van der Waals surface area contributed by atoms with E-state index in [1.807, 2.05) is 11.0 Å². The quantitative estimate of drug-likeness (QED) is 0.855. The molecule has 1 aliphatic rings. The first-order valence-electron chi connectivity index (χ1n) is 6.61. The van der Waals surface area contributed by atoms with Gasteiger partial charge >= 0.3 is 0 Å². The first kappa shape index (κ1) is 13.6. The summed E-state index contributed by atoms with van der Waals surface area (Å²) in [6.07, 6.45) is 1.99. The second-order valence-corrected chi connectivity index (χ2v) is 4.68. The largest absolute Gasteiger partial charge is 0.367 e. The van der Waals surface area contributed by atoms with E-state index in [0.29, 0.717) is 18.9 Å². The second-order valence-electron chi connectivity index (χ2n) is 4.68. The molecule has 0 radical (unpaired) electrons. The lowest BCUT2D eigenvalue weighted by Gasteiger charge is -2.36. The fourth-order valence-corrected chi connectivity index (χ4v) is 2.32. The monoisotopic (exact) mass is 292 g/mol. The number of halogens is 2. The Morgan fingerprint density at radius 2 is 1.76 bits per heavy atom. The van der Waals surface area contributed by atoms with Crippen molar-refractivity contribution in [2.45, 2.75) is 6.43 Å². The van der Waals surface area contributed by atoms with E-state index in [1.165, 1.54) is 12.4 Å². The minimum atomic E-state index is -2.57. The van der Waals surface area contributed by atoms with E-state index in [9.17, 15) is 8.78 Å². The Morgan fingerprint density at radius 1 is 1.00 bits per heavy atom. The van der Waals surface area contributed by atoms with Crippen LogP contribution in [0.5, 0.6) is 0 Å². The van der Waals surface area contributed by atoms with Crippen LogP contribution in [0.4, 0.5) is 20.3 Å². The first-order chi connectivity index (χ1) is 10.2. The van der Waals surface area contributed by atoms with Crippen LogP contribution in [0.2, 0.25) is 0 Å². The Labute approximate surface area is 120 Å². The molecule has 110 valence electrons. The zero-order chi connectivity index (χ0) is 14.7. The van der Waals surface area contributed by atoms with Gasteiger partial charge in [-0.2, -0.15) is 10.2 Å². The highest BCUT2D eigenvalue weighted by Gasteiger charge is 2.20. The van der Waals surface area contributed by atoms with E-state index in [4.69, 9.17) is 0 Å². The molecule has 2 aromatic rings. The molecule has 0 amide bonds. The molecule has 21 heavy (non-hydrogen) atoms. The highest BCUT2D eigenvalue weighted by atomic mass is 19.3. The van der Waals surface area contributed by atoms with Crippen molar-refractivity contribution in [2.75, 3.05) is 36.0 Å². The van der Waals surface area contributed by atoms with Crippen LogP contribution in [0.3, 0.4) is 0 Å². The molecule has 3 rings (SSSR count). The normalized spacial score (nSPS) is 15.6. The Morgan fingerprint density at radius 3 is 2.43 bits per heavy atom. The molecule has 0 unspecified atom stereocenters. The summed E-state index contributed by atoms with van der Waals surface area (Å²) in [7, 11) is 0. The second kappa shape index (κ2) is 5.94. The predicted octanol–water partition coefficient (Wildman–Crippen LogP) is 1.53. The van der Waals surface area contributed by atoms with Gasteiger partial charge in [-0.15, -0.1) is 0 Å². The number of piperazine rings is 1. The van der Waals surface area contributed by atoms with E-state index in [1.54, 1.807) is 12.4 Å². The highest BCUT2D eigenvalue weighted by molar-refractivity contribution is 5.47. The van der Waals surface area contributed by atoms with Gasteiger partial charge in [0.15, 0.2) is 0 Å². The summed E-state index contributed by atoms with van der Waals surface area (Å²) in [5.41, 5.74) is 0.779. The Kier molecular flexibility index (Phi) is 3.85. The maximum atomic E-state index is 12.7. The van der Waals surface area contributed by atoms with E-state index in [0.717, 1.165) is 18.8 Å². The van der Waals surface area contributed by atoms with Crippen molar-refractivity contribution in [1.82, 2.24) is 20.2 Å². The molecule has 0 saturated carbocycles. The van der Waals surface area contributed by atoms with Crippen LogP contribution in [0, 0.1) is 0 Å². The Bertz CT molecular complexity index is 586. The van der Waals surface area contributed by atoms with Crippen LogP contribution < -0.4 is 9.80 Å². The van der Waals surface area contributed by atoms with Crippen molar-refractivity contribution in [3.63, 3.8) is 0 Å². The van der Waals surface area contributed by atoms with Gasteiger partial charge in [0, 0.05) is 32.2 Å². The van der Waals surface area contributed by atoms with Crippen LogP contribution in [-0.2, 0) is 0 Å². The summed E-state index contributed by atoms with van der Waals surface area (Å²) >= 11 is 0. The average molecular weight is 292 g/mol. The summed E-state index contributed by atoms with van der Waals surface area (Å²) in [5.74, 6) is 0.549. The van der Waals surface area contributed by atoms with Crippen molar-refractivity contribution in [3.8, 4) is 0 Å². The molecule has 0 bridgehead atoms. The summed E-state index contributed by atoms with van der Waals surface area (Å²) in [6, 6.07) is 3.26. The minimum absolute atomic E-state index is 0.235. The van der Waals surface area contributed by atoms with E-state index in [2.05, 4.69) is 25.1 Å². The molecule has 2 aromatic heterocycles. The third-order valence-corrected chi connectivity index (χ3v) is 3.43. The number of rotatable bonds is 3. The number of hydrogen-bond donors (Lipinski definition) is 0. The Hall–Kier alpha value is -2.38. The third kappa shape index (κ3) is 3.04. The molecule has 1 saturated heterocycles. The lowest BCUT2D eigenvalue weighted by Crippen LogP contribution is -2.46. The smallest absolute Gasteiger partial charge is 0.280 e. The number of alkyl halides is 2. The van der Waals surface area contributed by atoms with Crippen molar-refractivity contribution >= 4 is 11.5 Å². The zero-order valence-corrected chi connectivity index (χ0v) is 11.2. The summed E-state index contributed by atoms with van der Waals surface area (Å²) in [5, 5.41) is 7.61. The van der Waals surface area contributed by atoms with Gasteiger partial charge in [-0.1, -0.05) is 0 Å². The molecule has 0 spiro atoms. The Balaban J connectivity index is 1.67. The number of hydrogen-bond acceptors (Lipinski definition) is 6. The standard InChI is InChI=1S/C13H14F2N6/c14-13(15)11-7-12(17-9-16-11)21-5-3-20(4-6-21)10-1-2-18-19-8-10/h1-2,7-9,13H,3-6H2. The van der Waals surface area contributed by atoms with E-state index >= 15 is 0 Å². The van der Waals surface area contributed by atoms with Gasteiger partial charge in [0.25, 0.3) is 6.43 Å². The molecule has 0 aromatic carbocycles. The molecule has 0 atom stereocenters. The maximum Gasteiger partial charge on any atom is 0.280 e. The fraction of sp³-hybridized carbons (Fsp3) is 0.385. The summed E-state index contributed by atoms with van der Waals surface area (Å²) in [4.78, 5) is 11.8. The topological polar surface area (TPSA) is 58.0 Å². The van der Waals surface area contributed by atoms with Crippen LogP contribution in [0.1, 0.15) is 12.1 Å². The molecule has 1 aliphatic heterocycles. The van der Waals surface area contributed by atoms with Crippen molar-refractivity contribution in [2.24, 2.45) is 0 Å². The van der Waals surface area contributed by atoms with Crippen LogP contribution in [0.25, 0.3) is 0 Å².